The lowest BCUT2D eigenvalue weighted by Gasteiger charge is -2.24. The largest absolute Gasteiger partial charge is 0.391 e. The first-order valence-electron chi connectivity index (χ1n) is 7.43. The van der Waals surface area contributed by atoms with Crippen LogP contribution in [-0.4, -0.2) is 47.1 Å². The van der Waals surface area contributed by atoms with Gasteiger partial charge in [0.15, 0.2) is 0 Å². The smallest absolute Gasteiger partial charge is 0.264 e. The number of likely N-dealkylation sites (tertiary alicyclic amines) is 1. The molecule has 2 rings (SSSR count). The van der Waals surface area contributed by atoms with E-state index in [1.165, 1.54) is 11.3 Å². The van der Waals surface area contributed by atoms with Gasteiger partial charge < -0.3 is 15.3 Å². The minimum absolute atomic E-state index is 0.0724. The van der Waals surface area contributed by atoms with E-state index in [9.17, 15) is 14.7 Å². The minimum atomic E-state index is -0.512. The summed E-state index contributed by atoms with van der Waals surface area (Å²) in [5.41, 5.74) is 0. The number of nitrogens with one attached hydrogen (secondary N) is 1. The third-order valence-electron chi connectivity index (χ3n) is 3.68. The molecule has 1 unspecified atom stereocenters. The Morgan fingerprint density at radius 3 is 3.05 bits per heavy atom. The third-order valence-corrected chi connectivity index (χ3v) is 4.54. The molecule has 0 spiro atoms. The number of aliphatic hydroxyl groups excluding tert-OH is 1. The molecular formula is C15H22N2O3S. The molecule has 21 heavy (non-hydrogen) atoms. The Bertz CT molecular complexity index is 475. The molecule has 5 nitrogen and oxygen atoms in total. The van der Waals surface area contributed by atoms with Gasteiger partial charge in [-0.3, -0.25) is 9.59 Å². The number of hydrogen-bond donors (Lipinski definition) is 2. The van der Waals surface area contributed by atoms with Crippen molar-refractivity contribution in [3.05, 3.63) is 22.4 Å². The first-order chi connectivity index (χ1) is 10.1. The van der Waals surface area contributed by atoms with Crippen molar-refractivity contribution in [2.24, 2.45) is 0 Å². The maximum absolute atomic E-state index is 12.4. The van der Waals surface area contributed by atoms with Crippen LogP contribution in [0.5, 0.6) is 0 Å². The zero-order valence-electron chi connectivity index (χ0n) is 12.2. The zero-order valence-corrected chi connectivity index (χ0v) is 13.1. The summed E-state index contributed by atoms with van der Waals surface area (Å²) >= 11 is 1.39. The fourth-order valence-electron chi connectivity index (χ4n) is 2.60. The van der Waals surface area contributed by atoms with Gasteiger partial charge in [0.1, 0.15) is 6.04 Å². The molecule has 1 saturated heterocycles. The molecule has 1 aliphatic heterocycles. The minimum Gasteiger partial charge on any atom is -0.391 e. The van der Waals surface area contributed by atoms with Crippen LogP contribution in [0.1, 0.15) is 42.3 Å². The summed E-state index contributed by atoms with van der Waals surface area (Å²) < 4.78 is 0. The van der Waals surface area contributed by atoms with Crippen LogP contribution in [0.2, 0.25) is 0 Å². The Morgan fingerprint density at radius 2 is 2.38 bits per heavy atom. The molecule has 0 radical (unpaired) electrons. The van der Waals surface area contributed by atoms with E-state index in [0.717, 1.165) is 12.8 Å². The molecule has 116 valence electrons. The Labute approximate surface area is 129 Å². The van der Waals surface area contributed by atoms with E-state index < -0.39 is 12.1 Å². The van der Waals surface area contributed by atoms with E-state index in [2.05, 4.69) is 5.32 Å². The summed E-state index contributed by atoms with van der Waals surface area (Å²) in [5.74, 6) is -0.232. The lowest BCUT2D eigenvalue weighted by atomic mass is 10.1. The Kier molecular flexibility index (Phi) is 5.76. The summed E-state index contributed by atoms with van der Waals surface area (Å²) in [6, 6.07) is 3.21. The van der Waals surface area contributed by atoms with Gasteiger partial charge in [-0.05, 0) is 30.7 Å². The number of rotatable bonds is 6. The van der Waals surface area contributed by atoms with Gasteiger partial charge in [0.05, 0.1) is 11.0 Å². The molecule has 1 fully saturated rings. The molecule has 1 aromatic rings. The van der Waals surface area contributed by atoms with E-state index in [1.54, 1.807) is 11.0 Å². The molecule has 2 amide bonds. The number of thiophene rings is 1. The molecule has 2 heterocycles. The second kappa shape index (κ2) is 7.56. The summed E-state index contributed by atoms with van der Waals surface area (Å²) in [4.78, 5) is 26.9. The standard InChI is InChI=1S/C15H22N2O3S/c1-2-5-11(18)10-16-14(19)12-6-3-8-17(12)15(20)13-7-4-9-21-13/h4,7,9,11-12,18H,2-3,5-6,8,10H2,1H3,(H,16,19)/t11?,12-/m0/s1. The van der Waals surface area contributed by atoms with E-state index in [4.69, 9.17) is 0 Å². The van der Waals surface area contributed by atoms with Crippen molar-refractivity contribution in [3.63, 3.8) is 0 Å². The maximum Gasteiger partial charge on any atom is 0.264 e. The highest BCUT2D eigenvalue weighted by Gasteiger charge is 2.34. The fraction of sp³-hybridized carbons (Fsp3) is 0.600. The normalized spacial score (nSPS) is 19.5. The number of nitrogens with zero attached hydrogens (tertiary/aromatic N) is 1. The van der Waals surface area contributed by atoms with E-state index in [1.807, 2.05) is 18.4 Å². The molecule has 0 saturated carbocycles. The summed E-state index contributed by atoms with van der Waals surface area (Å²) in [6.45, 7) is 2.86. The SMILES string of the molecule is CCCC(O)CNC(=O)[C@@H]1CCCN1C(=O)c1cccs1. The lowest BCUT2D eigenvalue weighted by molar-refractivity contribution is -0.125. The molecule has 0 aromatic carbocycles. The number of hydrogen-bond acceptors (Lipinski definition) is 4. The van der Waals surface area contributed by atoms with Crippen LogP contribution < -0.4 is 5.32 Å². The van der Waals surface area contributed by atoms with Crippen molar-refractivity contribution in [2.45, 2.75) is 44.8 Å². The molecule has 6 heteroatoms. The number of carbonyl (C=O) groups excluding carboxylic acids is 2. The van der Waals surface area contributed by atoms with Crippen LogP contribution >= 0.6 is 11.3 Å². The van der Waals surface area contributed by atoms with Crippen molar-refractivity contribution < 1.29 is 14.7 Å². The number of amides is 2. The summed E-state index contributed by atoms with van der Waals surface area (Å²) in [7, 11) is 0. The fourth-order valence-corrected chi connectivity index (χ4v) is 3.27. The van der Waals surface area contributed by atoms with Gasteiger partial charge in [-0.2, -0.15) is 0 Å². The van der Waals surface area contributed by atoms with Gasteiger partial charge >= 0.3 is 0 Å². The quantitative estimate of drug-likeness (QED) is 0.839. The number of aliphatic hydroxyl groups is 1. The van der Waals surface area contributed by atoms with Crippen molar-refractivity contribution in [3.8, 4) is 0 Å². The van der Waals surface area contributed by atoms with Gasteiger partial charge in [-0.25, -0.2) is 0 Å². The van der Waals surface area contributed by atoms with E-state index in [0.29, 0.717) is 24.3 Å². The van der Waals surface area contributed by atoms with Gasteiger partial charge in [0, 0.05) is 13.1 Å². The Hall–Kier alpha value is -1.40. The van der Waals surface area contributed by atoms with Gasteiger partial charge in [0.25, 0.3) is 5.91 Å². The van der Waals surface area contributed by atoms with Gasteiger partial charge in [0.2, 0.25) is 5.91 Å². The molecule has 2 N–H and O–H groups in total. The topological polar surface area (TPSA) is 69.6 Å². The van der Waals surface area contributed by atoms with Crippen molar-refractivity contribution in [1.82, 2.24) is 10.2 Å². The lowest BCUT2D eigenvalue weighted by Crippen LogP contribution is -2.47. The first-order valence-corrected chi connectivity index (χ1v) is 8.31. The zero-order chi connectivity index (χ0) is 15.2. The van der Waals surface area contributed by atoms with Gasteiger partial charge in [-0.1, -0.05) is 19.4 Å². The monoisotopic (exact) mass is 310 g/mol. The molecular weight excluding hydrogens is 288 g/mol. The molecule has 1 aromatic heterocycles. The van der Waals surface area contributed by atoms with E-state index >= 15 is 0 Å². The second-order valence-corrected chi connectivity index (χ2v) is 6.27. The highest BCUT2D eigenvalue weighted by atomic mass is 32.1. The van der Waals surface area contributed by atoms with Gasteiger partial charge in [-0.15, -0.1) is 11.3 Å². The maximum atomic E-state index is 12.4. The summed E-state index contributed by atoms with van der Waals surface area (Å²) in [6.07, 6.45) is 2.56. The van der Waals surface area contributed by atoms with Crippen LogP contribution in [0.15, 0.2) is 17.5 Å². The average molecular weight is 310 g/mol. The highest BCUT2D eigenvalue weighted by molar-refractivity contribution is 7.12. The van der Waals surface area contributed by atoms with Crippen LogP contribution in [-0.2, 0) is 4.79 Å². The molecule has 0 aliphatic carbocycles. The van der Waals surface area contributed by atoms with Crippen LogP contribution in [0.25, 0.3) is 0 Å². The molecule has 1 aliphatic rings. The summed E-state index contributed by atoms with van der Waals surface area (Å²) in [5, 5.41) is 14.3. The van der Waals surface area contributed by atoms with Crippen LogP contribution in [0, 0.1) is 0 Å². The third kappa shape index (κ3) is 4.04. The second-order valence-electron chi connectivity index (χ2n) is 5.32. The van der Waals surface area contributed by atoms with Crippen molar-refractivity contribution in [2.75, 3.05) is 13.1 Å². The van der Waals surface area contributed by atoms with Crippen LogP contribution in [0.4, 0.5) is 0 Å². The average Bonchev–Trinajstić information content (AvgIpc) is 3.15. The molecule has 0 bridgehead atoms. The Morgan fingerprint density at radius 1 is 1.57 bits per heavy atom. The highest BCUT2D eigenvalue weighted by Crippen LogP contribution is 2.22. The first kappa shape index (κ1) is 16.0. The van der Waals surface area contributed by atoms with Crippen LogP contribution in [0.3, 0.4) is 0 Å². The van der Waals surface area contributed by atoms with E-state index in [-0.39, 0.29) is 18.4 Å². The predicted molar refractivity (Wildman–Crippen MR) is 82.3 cm³/mol. The van der Waals surface area contributed by atoms with Crippen molar-refractivity contribution in [1.29, 1.82) is 0 Å². The Balaban J connectivity index is 1.92. The van der Waals surface area contributed by atoms with Crippen molar-refractivity contribution >= 4 is 23.2 Å². The molecule has 2 atom stereocenters. The number of carbonyl (C=O) groups is 2. The predicted octanol–water partition coefficient (Wildman–Crippen LogP) is 1.63.